The predicted octanol–water partition coefficient (Wildman–Crippen LogP) is 2.07. The second-order valence-electron chi connectivity index (χ2n) is 4.16. The molecule has 0 aromatic carbocycles. The Bertz CT molecular complexity index is 127. The first-order valence-corrected chi connectivity index (χ1v) is 5.70. The first-order valence-electron chi connectivity index (χ1n) is 5.70. The van der Waals surface area contributed by atoms with Gasteiger partial charge in [-0.15, -0.1) is 0 Å². The lowest BCUT2D eigenvalue weighted by Gasteiger charge is -2.23. The average Bonchev–Trinajstić information content (AvgIpc) is 2.16. The number of likely N-dealkylation sites (N-methyl/N-ethyl adjacent to an activating group) is 1. The van der Waals surface area contributed by atoms with Crippen LogP contribution in [0.15, 0.2) is 0 Å². The summed E-state index contributed by atoms with van der Waals surface area (Å²) >= 11 is 0. The Morgan fingerprint density at radius 3 is 2.08 bits per heavy atom. The van der Waals surface area contributed by atoms with E-state index in [1.807, 2.05) is 7.05 Å². The number of hydrogen-bond donors (Lipinski definition) is 2. The molecule has 1 fully saturated rings. The van der Waals surface area contributed by atoms with Crippen LogP contribution in [-0.2, 0) is 0 Å². The highest BCUT2D eigenvalue weighted by atomic mass is 16.3. The van der Waals surface area contributed by atoms with Crippen LogP contribution >= 0.6 is 0 Å². The highest BCUT2D eigenvalue weighted by Gasteiger charge is 2.16. The summed E-state index contributed by atoms with van der Waals surface area (Å²) in [5.41, 5.74) is 0. The van der Waals surface area contributed by atoms with Crippen molar-refractivity contribution < 1.29 is 5.11 Å². The van der Waals surface area contributed by atoms with Gasteiger partial charge in [0.15, 0.2) is 0 Å². The van der Waals surface area contributed by atoms with Crippen LogP contribution in [-0.4, -0.2) is 24.3 Å². The van der Waals surface area contributed by atoms with Crippen molar-refractivity contribution in [3.8, 4) is 0 Å². The van der Waals surface area contributed by atoms with E-state index in [1.54, 1.807) is 0 Å². The molecule has 13 heavy (non-hydrogen) atoms. The van der Waals surface area contributed by atoms with Gasteiger partial charge in [0.25, 0.3) is 0 Å². The van der Waals surface area contributed by atoms with Gasteiger partial charge >= 0.3 is 0 Å². The smallest absolute Gasteiger partial charge is 0.0693 e. The zero-order valence-corrected chi connectivity index (χ0v) is 8.76. The minimum absolute atomic E-state index is 0.122. The Balaban J connectivity index is 2.32. The number of aliphatic hydroxyl groups is 1. The van der Waals surface area contributed by atoms with Gasteiger partial charge in [-0.25, -0.2) is 0 Å². The third-order valence-corrected chi connectivity index (χ3v) is 3.10. The van der Waals surface area contributed by atoms with Gasteiger partial charge in [0.1, 0.15) is 0 Å². The number of aliphatic hydroxyl groups excluding tert-OH is 1. The first kappa shape index (κ1) is 11.0. The van der Waals surface area contributed by atoms with Crippen LogP contribution < -0.4 is 5.32 Å². The van der Waals surface area contributed by atoms with Crippen LogP contribution in [0.4, 0.5) is 0 Å². The maximum Gasteiger partial charge on any atom is 0.0693 e. The van der Waals surface area contributed by atoms with Crippen molar-refractivity contribution in [3.63, 3.8) is 0 Å². The zero-order valence-electron chi connectivity index (χ0n) is 8.76. The quantitative estimate of drug-likeness (QED) is 0.655. The van der Waals surface area contributed by atoms with Crippen molar-refractivity contribution in [3.05, 3.63) is 0 Å². The lowest BCUT2D eigenvalue weighted by atomic mass is 9.95. The Hall–Kier alpha value is -0.0800. The van der Waals surface area contributed by atoms with Crippen LogP contribution in [0.3, 0.4) is 0 Å². The van der Waals surface area contributed by atoms with Crippen molar-refractivity contribution in [2.24, 2.45) is 0 Å². The molecule has 0 saturated heterocycles. The fourth-order valence-electron chi connectivity index (χ4n) is 2.16. The minimum atomic E-state index is -0.122. The molecule has 0 aromatic heterocycles. The van der Waals surface area contributed by atoms with E-state index >= 15 is 0 Å². The standard InChI is InChI=1S/C11H23NO/c1-12-10-8-6-4-2-3-5-7-9-11(10)13/h10-13H,2-9H2,1H3/t10-,11+/m1/s1. The van der Waals surface area contributed by atoms with Gasteiger partial charge in [-0.1, -0.05) is 38.5 Å². The lowest BCUT2D eigenvalue weighted by molar-refractivity contribution is 0.111. The van der Waals surface area contributed by atoms with E-state index in [0.717, 1.165) is 12.8 Å². The largest absolute Gasteiger partial charge is 0.392 e. The van der Waals surface area contributed by atoms with Gasteiger partial charge < -0.3 is 10.4 Å². The molecule has 0 radical (unpaired) electrons. The Morgan fingerprint density at radius 2 is 1.46 bits per heavy atom. The topological polar surface area (TPSA) is 32.3 Å². The summed E-state index contributed by atoms with van der Waals surface area (Å²) in [5.74, 6) is 0. The van der Waals surface area contributed by atoms with Gasteiger partial charge in [-0.05, 0) is 19.9 Å². The van der Waals surface area contributed by atoms with Crippen LogP contribution in [0.5, 0.6) is 0 Å². The van der Waals surface area contributed by atoms with E-state index in [4.69, 9.17) is 0 Å². The molecule has 0 unspecified atom stereocenters. The molecule has 0 aliphatic heterocycles. The number of rotatable bonds is 1. The number of nitrogens with one attached hydrogen (secondary N) is 1. The summed E-state index contributed by atoms with van der Waals surface area (Å²) in [4.78, 5) is 0. The molecular weight excluding hydrogens is 162 g/mol. The molecule has 0 aromatic rings. The molecule has 0 spiro atoms. The highest BCUT2D eigenvalue weighted by molar-refractivity contribution is 4.75. The molecule has 1 aliphatic carbocycles. The van der Waals surface area contributed by atoms with Crippen molar-refractivity contribution in [2.45, 2.75) is 63.5 Å². The number of hydrogen-bond acceptors (Lipinski definition) is 2. The van der Waals surface area contributed by atoms with Crippen LogP contribution in [0, 0.1) is 0 Å². The molecule has 0 heterocycles. The van der Waals surface area contributed by atoms with E-state index in [2.05, 4.69) is 5.32 Å². The molecule has 2 heteroatoms. The van der Waals surface area contributed by atoms with E-state index < -0.39 is 0 Å². The van der Waals surface area contributed by atoms with Crippen molar-refractivity contribution in [1.29, 1.82) is 0 Å². The van der Waals surface area contributed by atoms with Gasteiger partial charge in [0.2, 0.25) is 0 Å². The first-order chi connectivity index (χ1) is 6.34. The lowest BCUT2D eigenvalue weighted by Crippen LogP contribution is -2.37. The normalized spacial score (nSPS) is 32.8. The highest BCUT2D eigenvalue weighted by Crippen LogP contribution is 2.17. The summed E-state index contributed by atoms with van der Waals surface area (Å²) in [6, 6.07) is 0.332. The minimum Gasteiger partial charge on any atom is -0.392 e. The average molecular weight is 185 g/mol. The molecule has 2 N–H and O–H groups in total. The van der Waals surface area contributed by atoms with Gasteiger partial charge in [0.05, 0.1) is 6.10 Å². The molecule has 1 rings (SSSR count). The van der Waals surface area contributed by atoms with E-state index in [1.165, 1.54) is 38.5 Å². The second kappa shape index (κ2) is 6.39. The fraction of sp³-hybridized carbons (Fsp3) is 1.00. The van der Waals surface area contributed by atoms with Crippen LogP contribution in [0.25, 0.3) is 0 Å². The molecule has 1 aliphatic rings. The molecule has 2 atom stereocenters. The predicted molar refractivity (Wildman–Crippen MR) is 55.8 cm³/mol. The second-order valence-corrected chi connectivity index (χ2v) is 4.16. The van der Waals surface area contributed by atoms with Crippen LogP contribution in [0.2, 0.25) is 0 Å². The molecule has 0 amide bonds. The molecule has 0 bridgehead atoms. The van der Waals surface area contributed by atoms with Gasteiger partial charge in [-0.3, -0.25) is 0 Å². The van der Waals surface area contributed by atoms with E-state index in [9.17, 15) is 5.11 Å². The Labute approximate surface area is 81.7 Å². The van der Waals surface area contributed by atoms with Crippen molar-refractivity contribution in [1.82, 2.24) is 5.32 Å². The maximum absolute atomic E-state index is 9.83. The SMILES string of the molecule is CN[C@@H]1CCCCCCCC[C@@H]1O. The van der Waals surface area contributed by atoms with Crippen molar-refractivity contribution in [2.75, 3.05) is 7.05 Å². The fourth-order valence-corrected chi connectivity index (χ4v) is 2.16. The van der Waals surface area contributed by atoms with Gasteiger partial charge in [-0.2, -0.15) is 0 Å². The summed E-state index contributed by atoms with van der Waals surface area (Å²) in [6.07, 6.45) is 9.83. The van der Waals surface area contributed by atoms with Gasteiger partial charge in [0, 0.05) is 6.04 Å². The van der Waals surface area contributed by atoms with E-state index in [0.29, 0.717) is 6.04 Å². The summed E-state index contributed by atoms with van der Waals surface area (Å²) in [7, 11) is 1.96. The summed E-state index contributed by atoms with van der Waals surface area (Å²) < 4.78 is 0. The molecule has 1 saturated carbocycles. The van der Waals surface area contributed by atoms with E-state index in [-0.39, 0.29) is 6.10 Å². The molecular formula is C11H23NO. The zero-order chi connectivity index (χ0) is 9.52. The third-order valence-electron chi connectivity index (χ3n) is 3.10. The Morgan fingerprint density at radius 1 is 0.923 bits per heavy atom. The summed E-state index contributed by atoms with van der Waals surface area (Å²) in [5, 5.41) is 13.0. The molecule has 2 nitrogen and oxygen atoms in total. The monoisotopic (exact) mass is 185 g/mol. The third kappa shape index (κ3) is 4.10. The summed E-state index contributed by atoms with van der Waals surface area (Å²) in [6.45, 7) is 0. The molecule has 78 valence electrons. The van der Waals surface area contributed by atoms with Crippen LogP contribution in [0.1, 0.15) is 51.4 Å². The Kier molecular flexibility index (Phi) is 5.40. The maximum atomic E-state index is 9.83. The van der Waals surface area contributed by atoms with Crippen molar-refractivity contribution >= 4 is 0 Å².